The molecule has 1 aliphatic heterocycles. The van der Waals surface area contributed by atoms with Crippen LogP contribution in [0.1, 0.15) is 11.3 Å². The van der Waals surface area contributed by atoms with Crippen LogP contribution in [-0.2, 0) is 24.2 Å². The van der Waals surface area contributed by atoms with Gasteiger partial charge in [-0.25, -0.2) is 0 Å². The molecular weight excluding hydrogens is 284 g/mol. The SMILES string of the molecule is COCCNCc1cn(CC2Cc3ccccc3S2)nn1. The first kappa shape index (κ1) is 14.6. The second-order valence-corrected chi connectivity index (χ2v) is 6.50. The molecule has 0 saturated carbocycles. The van der Waals surface area contributed by atoms with Crippen LogP contribution in [0.25, 0.3) is 0 Å². The van der Waals surface area contributed by atoms with Crippen molar-refractivity contribution in [1.29, 1.82) is 0 Å². The van der Waals surface area contributed by atoms with Gasteiger partial charge < -0.3 is 10.1 Å². The summed E-state index contributed by atoms with van der Waals surface area (Å²) >= 11 is 1.94. The molecular formula is C15H20N4OS. The third kappa shape index (κ3) is 3.84. The van der Waals surface area contributed by atoms with Crippen LogP contribution in [0.15, 0.2) is 35.4 Å². The molecule has 0 amide bonds. The molecule has 6 heteroatoms. The predicted octanol–water partition coefficient (Wildman–Crippen LogP) is 1.73. The van der Waals surface area contributed by atoms with Gasteiger partial charge >= 0.3 is 0 Å². The Labute approximate surface area is 129 Å². The molecule has 0 saturated heterocycles. The van der Waals surface area contributed by atoms with E-state index in [2.05, 4.69) is 39.9 Å². The minimum absolute atomic E-state index is 0.554. The van der Waals surface area contributed by atoms with E-state index in [0.717, 1.165) is 31.7 Å². The zero-order chi connectivity index (χ0) is 14.5. The third-order valence-electron chi connectivity index (χ3n) is 3.48. The van der Waals surface area contributed by atoms with Gasteiger partial charge in [-0.3, -0.25) is 4.68 Å². The fraction of sp³-hybridized carbons (Fsp3) is 0.467. The monoisotopic (exact) mass is 304 g/mol. The number of benzene rings is 1. The van der Waals surface area contributed by atoms with E-state index in [4.69, 9.17) is 4.74 Å². The summed E-state index contributed by atoms with van der Waals surface area (Å²) in [6, 6.07) is 8.63. The first-order chi connectivity index (χ1) is 10.3. The van der Waals surface area contributed by atoms with Gasteiger partial charge in [-0.1, -0.05) is 23.4 Å². The number of aromatic nitrogens is 3. The summed E-state index contributed by atoms with van der Waals surface area (Å²) < 4.78 is 6.95. The quantitative estimate of drug-likeness (QED) is 0.790. The molecule has 0 spiro atoms. The fourth-order valence-corrected chi connectivity index (χ4v) is 3.77. The third-order valence-corrected chi connectivity index (χ3v) is 4.78. The van der Waals surface area contributed by atoms with Crippen LogP contribution in [0.3, 0.4) is 0 Å². The van der Waals surface area contributed by atoms with E-state index in [-0.39, 0.29) is 0 Å². The molecule has 0 radical (unpaired) electrons. The van der Waals surface area contributed by atoms with Crippen molar-refractivity contribution in [3.63, 3.8) is 0 Å². The summed E-state index contributed by atoms with van der Waals surface area (Å²) in [6.45, 7) is 3.19. The number of hydrogen-bond donors (Lipinski definition) is 1. The van der Waals surface area contributed by atoms with E-state index in [1.165, 1.54) is 10.5 Å². The van der Waals surface area contributed by atoms with Crippen molar-refractivity contribution in [2.75, 3.05) is 20.3 Å². The van der Waals surface area contributed by atoms with Crippen molar-refractivity contribution in [3.05, 3.63) is 41.7 Å². The lowest BCUT2D eigenvalue weighted by atomic mass is 10.1. The second-order valence-electron chi connectivity index (χ2n) is 5.15. The minimum Gasteiger partial charge on any atom is -0.383 e. The van der Waals surface area contributed by atoms with Crippen LogP contribution in [0, 0.1) is 0 Å². The highest BCUT2D eigenvalue weighted by Crippen LogP contribution is 2.37. The standard InChI is InChI=1S/C15H20N4OS/c1-20-7-6-16-9-13-10-19(18-17-13)11-14-8-12-4-2-3-5-15(12)21-14/h2-5,10,14,16H,6-9,11H2,1H3. The Kier molecular flexibility index (Phi) is 4.90. The van der Waals surface area contributed by atoms with Gasteiger partial charge in [0.2, 0.25) is 0 Å². The lowest BCUT2D eigenvalue weighted by Gasteiger charge is -2.07. The molecule has 2 heterocycles. The zero-order valence-electron chi connectivity index (χ0n) is 12.2. The van der Waals surface area contributed by atoms with Crippen LogP contribution < -0.4 is 5.32 Å². The molecule has 5 nitrogen and oxygen atoms in total. The first-order valence-corrected chi connectivity index (χ1v) is 8.06. The van der Waals surface area contributed by atoms with E-state index in [1.54, 1.807) is 7.11 Å². The average molecular weight is 304 g/mol. The summed E-state index contributed by atoms with van der Waals surface area (Å²) in [5.41, 5.74) is 2.43. The molecule has 1 aromatic carbocycles. The van der Waals surface area contributed by atoms with Gasteiger partial charge in [0.05, 0.1) is 18.8 Å². The molecule has 0 fully saturated rings. The molecule has 3 rings (SSSR count). The van der Waals surface area contributed by atoms with Crippen LogP contribution in [0.4, 0.5) is 0 Å². The Bertz CT molecular complexity index is 562. The van der Waals surface area contributed by atoms with Crippen molar-refractivity contribution in [2.45, 2.75) is 29.7 Å². The number of rotatable bonds is 7. The Hall–Kier alpha value is -1.37. The molecule has 0 aliphatic carbocycles. The number of thioether (sulfide) groups is 1. The van der Waals surface area contributed by atoms with Gasteiger partial charge in [0.1, 0.15) is 0 Å². The highest BCUT2D eigenvalue weighted by molar-refractivity contribution is 8.00. The summed E-state index contributed by atoms with van der Waals surface area (Å²) in [5.74, 6) is 0. The number of nitrogens with zero attached hydrogens (tertiary/aromatic N) is 3. The van der Waals surface area contributed by atoms with Crippen LogP contribution >= 0.6 is 11.8 Å². The largest absolute Gasteiger partial charge is 0.383 e. The fourth-order valence-electron chi connectivity index (χ4n) is 2.46. The van der Waals surface area contributed by atoms with Gasteiger partial charge in [-0.05, 0) is 18.1 Å². The summed E-state index contributed by atoms with van der Waals surface area (Å²) in [6.07, 6.45) is 3.14. The smallest absolute Gasteiger partial charge is 0.0964 e. The van der Waals surface area contributed by atoms with E-state index in [9.17, 15) is 0 Å². The summed E-state index contributed by atoms with van der Waals surface area (Å²) in [5, 5.41) is 12.3. The highest BCUT2D eigenvalue weighted by atomic mass is 32.2. The molecule has 2 aromatic rings. The zero-order valence-corrected chi connectivity index (χ0v) is 13.0. The second kappa shape index (κ2) is 7.06. The van der Waals surface area contributed by atoms with Crippen molar-refractivity contribution in [2.24, 2.45) is 0 Å². The van der Waals surface area contributed by atoms with Crippen LogP contribution in [0.5, 0.6) is 0 Å². The van der Waals surface area contributed by atoms with Gasteiger partial charge in [0.25, 0.3) is 0 Å². The maximum absolute atomic E-state index is 5.00. The van der Waals surface area contributed by atoms with Crippen molar-refractivity contribution in [1.82, 2.24) is 20.3 Å². The number of fused-ring (bicyclic) bond motifs is 1. The van der Waals surface area contributed by atoms with Crippen LogP contribution in [0.2, 0.25) is 0 Å². The Morgan fingerprint density at radius 2 is 2.33 bits per heavy atom. The van der Waals surface area contributed by atoms with E-state index in [0.29, 0.717) is 11.9 Å². The number of hydrogen-bond acceptors (Lipinski definition) is 5. The molecule has 1 unspecified atom stereocenters. The van der Waals surface area contributed by atoms with Gasteiger partial charge in [0.15, 0.2) is 0 Å². The van der Waals surface area contributed by atoms with E-state index < -0.39 is 0 Å². The first-order valence-electron chi connectivity index (χ1n) is 7.18. The van der Waals surface area contributed by atoms with Gasteiger partial charge in [-0.2, -0.15) is 0 Å². The van der Waals surface area contributed by atoms with Gasteiger partial charge in [0, 0.05) is 36.5 Å². The van der Waals surface area contributed by atoms with Crippen molar-refractivity contribution < 1.29 is 4.74 Å². The van der Waals surface area contributed by atoms with E-state index in [1.807, 2.05) is 22.6 Å². The number of nitrogens with one attached hydrogen (secondary N) is 1. The molecule has 1 N–H and O–H groups in total. The molecule has 0 bridgehead atoms. The molecule has 1 atom stereocenters. The summed E-state index contributed by atoms with van der Waals surface area (Å²) in [4.78, 5) is 1.41. The minimum atomic E-state index is 0.554. The lowest BCUT2D eigenvalue weighted by Crippen LogP contribution is -2.18. The Balaban J connectivity index is 1.49. The molecule has 1 aromatic heterocycles. The molecule has 1 aliphatic rings. The molecule has 112 valence electrons. The maximum atomic E-state index is 5.00. The molecule has 21 heavy (non-hydrogen) atoms. The van der Waals surface area contributed by atoms with Crippen molar-refractivity contribution >= 4 is 11.8 Å². The lowest BCUT2D eigenvalue weighted by molar-refractivity contribution is 0.199. The summed E-state index contributed by atoms with van der Waals surface area (Å²) in [7, 11) is 1.70. The average Bonchev–Trinajstić information content (AvgIpc) is 3.10. The van der Waals surface area contributed by atoms with Crippen molar-refractivity contribution in [3.8, 4) is 0 Å². The van der Waals surface area contributed by atoms with Crippen LogP contribution in [-0.4, -0.2) is 40.5 Å². The number of ether oxygens (including phenoxy) is 1. The Morgan fingerprint density at radius 3 is 3.19 bits per heavy atom. The topological polar surface area (TPSA) is 52.0 Å². The maximum Gasteiger partial charge on any atom is 0.0964 e. The Morgan fingerprint density at radius 1 is 1.43 bits per heavy atom. The number of methoxy groups -OCH3 is 1. The normalized spacial score (nSPS) is 17.1. The highest BCUT2D eigenvalue weighted by Gasteiger charge is 2.22. The van der Waals surface area contributed by atoms with Gasteiger partial charge in [-0.15, -0.1) is 16.9 Å². The predicted molar refractivity (Wildman–Crippen MR) is 83.4 cm³/mol. The van der Waals surface area contributed by atoms with E-state index >= 15 is 0 Å².